The van der Waals surface area contributed by atoms with Crippen molar-refractivity contribution in [1.82, 2.24) is 14.9 Å². The molecule has 0 aliphatic rings. The molecule has 2 aromatic carbocycles. The summed E-state index contributed by atoms with van der Waals surface area (Å²) < 4.78 is 19.4. The van der Waals surface area contributed by atoms with E-state index in [0.29, 0.717) is 24.7 Å². The number of halogens is 1. The van der Waals surface area contributed by atoms with Crippen LogP contribution in [0, 0.1) is 0 Å². The zero-order valence-electron chi connectivity index (χ0n) is 17.5. The maximum Gasteiger partial charge on any atom is 0.175 e. The summed E-state index contributed by atoms with van der Waals surface area (Å²) in [4.78, 5) is 0. The van der Waals surface area contributed by atoms with E-state index in [-0.39, 0.29) is 5.41 Å². The normalized spacial score (nSPS) is 11.6. The Morgan fingerprint density at radius 2 is 1.70 bits per heavy atom. The van der Waals surface area contributed by atoms with Crippen LogP contribution in [0.2, 0.25) is 0 Å². The third kappa shape index (κ3) is 5.82. The highest BCUT2D eigenvalue weighted by molar-refractivity contribution is 9.10. The van der Waals surface area contributed by atoms with E-state index >= 15 is 0 Å². The SMILES string of the molecule is COc1cc(/C=N/n2cnnc2)cc(Br)c1OCCOc1ccc(C(C)(C)C)cc1. The number of benzene rings is 2. The van der Waals surface area contributed by atoms with E-state index in [1.165, 1.54) is 22.9 Å². The minimum absolute atomic E-state index is 0.122. The zero-order valence-corrected chi connectivity index (χ0v) is 19.1. The largest absolute Gasteiger partial charge is 0.493 e. The first-order valence-electron chi connectivity index (χ1n) is 9.49. The number of methoxy groups -OCH3 is 1. The van der Waals surface area contributed by atoms with Crippen LogP contribution in [-0.4, -0.2) is 41.4 Å². The molecule has 0 fully saturated rings. The third-order valence-corrected chi connectivity index (χ3v) is 4.91. The van der Waals surface area contributed by atoms with Gasteiger partial charge in [-0.1, -0.05) is 32.9 Å². The molecule has 0 saturated heterocycles. The fourth-order valence-corrected chi connectivity index (χ4v) is 3.27. The Hall–Kier alpha value is -2.87. The van der Waals surface area contributed by atoms with E-state index in [1.807, 2.05) is 24.3 Å². The number of aromatic nitrogens is 3. The van der Waals surface area contributed by atoms with Crippen LogP contribution in [0.4, 0.5) is 0 Å². The maximum atomic E-state index is 5.90. The van der Waals surface area contributed by atoms with Crippen LogP contribution in [-0.2, 0) is 5.41 Å². The van der Waals surface area contributed by atoms with Crippen molar-refractivity contribution < 1.29 is 14.2 Å². The standard InChI is InChI=1S/C22H25BrN4O3/c1-22(2,3)17-5-7-18(8-6-17)29-9-10-30-21-19(23)11-16(12-20(21)28-4)13-26-27-14-24-25-15-27/h5-8,11-15H,9-10H2,1-4H3/b26-13+. The van der Waals surface area contributed by atoms with Crippen molar-refractivity contribution in [2.24, 2.45) is 5.10 Å². The molecule has 8 heteroatoms. The second kappa shape index (κ2) is 9.75. The Labute approximate surface area is 184 Å². The van der Waals surface area contributed by atoms with Gasteiger partial charge < -0.3 is 14.2 Å². The highest BCUT2D eigenvalue weighted by atomic mass is 79.9. The van der Waals surface area contributed by atoms with Gasteiger partial charge in [0.1, 0.15) is 31.6 Å². The molecule has 0 aliphatic heterocycles. The molecule has 0 unspecified atom stereocenters. The first kappa shape index (κ1) is 21.8. The van der Waals surface area contributed by atoms with Gasteiger partial charge in [-0.25, -0.2) is 4.68 Å². The Kier molecular flexibility index (Phi) is 7.10. The summed E-state index contributed by atoms with van der Waals surface area (Å²) in [7, 11) is 1.60. The van der Waals surface area contributed by atoms with Gasteiger partial charge in [0.25, 0.3) is 0 Å². The van der Waals surface area contributed by atoms with E-state index in [1.54, 1.807) is 13.3 Å². The van der Waals surface area contributed by atoms with Crippen LogP contribution in [0.25, 0.3) is 0 Å². The lowest BCUT2D eigenvalue weighted by atomic mass is 9.87. The Balaban J connectivity index is 1.58. The van der Waals surface area contributed by atoms with Gasteiger partial charge in [0.15, 0.2) is 11.5 Å². The van der Waals surface area contributed by atoms with Crippen LogP contribution in [0.15, 0.2) is 58.6 Å². The van der Waals surface area contributed by atoms with Crippen LogP contribution >= 0.6 is 15.9 Å². The smallest absolute Gasteiger partial charge is 0.175 e. The van der Waals surface area contributed by atoms with Crippen molar-refractivity contribution >= 4 is 22.1 Å². The highest BCUT2D eigenvalue weighted by Gasteiger charge is 2.13. The minimum Gasteiger partial charge on any atom is -0.493 e. The van der Waals surface area contributed by atoms with Gasteiger partial charge in [-0.15, -0.1) is 10.2 Å². The summed E-state index contributed by atoms with van der Waals surface area (Å²) in [5.41, 5.74) is 2.24. The van der Waals surface area contributed by atoms with Gasteiger partial charge in [-0.05, 0) is 56.7 Å². The first-order chi connectivity index (χ1) is 14.4. The monoisotopic (exact) mass is 472 g/mol. The van der Waals surface area contributed by atoms with E-state index in [2.05, 4.69) is 64.1 Å². The lowest BCUT2D eigenvalue weighted by Gasteiger charge is -2.19. The molecule has 30 heavy (non-hydrogen) atoms. The molecule has 0 radical (unpaired) electrons. The molecule has 0 aliphatic carbocycles. The quantitative estimate of drug-likeness (QED) is 0.351. The topological polar surface area (TPSA) is 70.8 Å². The van der Waals surface area contributed by atoms with Crippen LogP contribution in [0.1, 0.15) is 31.9 Å². The molecule has 0 spiro atoms. The summed E-state index contributed by atoms with van der Waals surface area (Å²) in [5, 5.41) is 11.7. The van der Waals surface area contributed by atoms with E-state index in [0.717, 1.165) is 15.8 Å². The number of nitrogens with zero attached hydrogens (tertiary/aromatic N) is 4. The predicted molar refractivity (Wildman–Crippen MR) is 120 cm³/mol. The number of hydrogen-bond donors (Lipinski definition) is 0. The maximum absolute atomic E-state index is 5.90. The van der Waals surface area contributed by atoms with Crippen molar-refractivity contribution in [3.05, 3.63) is 64.7 Å². The summed E-state index contributed by atoms with van der Waals surface area (Å²) in [6.45, 7) is 7.36. The molecule has 3 aromatic rings. The second-order valence-corrected chi connectivity index (χ2v) is 8.45. The molecule has 0 N–H and O–H groups in total. The van der Waals surface area contributed by atoms with Gasteiger partial charge in [0.2, 0.25) is 0 Å². The molecule has 0 atom stereocenters. The Morgan fingerprint density at radius 1 is 1.03 bits per heavy atom. The summed E-state index contributed by atoms with van der Waals surface area (Å²) in [5.74, 6) is 2.04. The summed E-state index contributed by atoms with van der Waals surface area (Å²) in [6, 6.07) is 11.9. The lowest BCUT2D eigenvalue weighted by molar-refractivity contribution is 0.210. The minimum atomic E-state index is 0.122. The highest BCUT2D eigenvalue weighted by Crippen LogP contribution is 2.36. The van der Waals surface area contributed by atoms with Crippen LogP contribution in [0.3, 0.4) is 0 Å². The molecule has 3 rings (SSSR count). The molecule has 7 nitrogen and oxygen atoms in total. The first-order valence-corrected chi connectivity index (χ1v) is 10.3. The van der Waals surface area contributed by atoms with Gasteiger partial charge in [-0.3, -0.25) is 0 Å². The van der Waals surface area contributed by atoms with Crippen LogP contribution < -0.4 is 14.2 Å². The van der Waals surface area contributed by atoms with Crippen molar-refractivity contribution in [1.29, 1.82) is 0 Å². The van der Waals surface area contributed by atoms with Crippen molar-refractivity contribution in [3.8, 4) is 17.2 Å². The summed E-state index contributed by atoms with van der Waals surface area (Å²) in [6.07, 6.45) is 4.71. The van der Waals surface area contributed by atoms with Gasteiger partial charge in [-0.2, -0.15) is 5.10 Å². The fourth-order valence-electron chi connectivity index (χ4n) is 2.70. The van der Waals surface area contributed by atoms with E-state index in [4.69, 9.17) is 14.2 Å². The average molecular weight is 473 g/mol. The fraction of sp³-hybridized carbons (Fsp3) is 0.318. The molecular formula is C22H25BrN4O3. The number of ether oxygens (including phenoxy) is 3. The number of hydrogen-bond acceptors (Lipinski definition) is 6. The second-order valence-electron chi connectivity index (χ2n) is 7.59. The lowest BCUT2D eigenvalue weighted by Crippen LogP contribution is -2.12. The molecule has 1 aromatic heterocycles. The van der Waals surface area contributed by atoms with Gasteiger partial charge in [0, 0.05) is 0 Å². The molecular weight excluding hydrogens is 448 g/mol. The molecule has 158 valence electrons. The van der Waals surface area contributed by atoms with Gasteiger partial charge in [0.05, 0.1) is 17.8 Å². The Bertz CT molecular complexity index is 981. The van der Waals surface area contributed by atoms with Crippen molar-refractivity contribution in [3.63, 3.8) is 0 Å². The molecule has 0 saturated carbocycles. The predicted octanol–water partition coefficient (Wildman–Crippen LogP) is 4.69. The molecule has 0 amide bonds. The molecule has 1 heterocycles. The van der Waals surface area contributed by atoms with E-state index in [9.17, 15) is 0 Å². The average Bonchev–Trinajstić information content (AvgIpc) is 3.23. The van der Waals surface area contributed by atoms with Gasteiger partial charge >= 0.3 is 0 Å². The van der Waals surface area contributed by atoms with E-state index < -0.39 is 0 Å². The van der Waals surface area contributed by atoms with Crippen molar-refractivity contribution in [2.45, 2.75) is 26.2 Å². The van der Waals surface area contributed by atoms with Crippen LogP contribution in [0.5, 0.6) is 17.2 Å². The van der Waals surface area contributed by atoms with Crippen molar-refractivity contribution in [2.75, 3.05) is 20.3 Å². The number of rotatable bonds is 8. The third-order valence-electron chi connectivity index (χ3n) is 4.32. The Morgan fingerprint density at radius 3 is 2.33 bits per heavy atom. The zero-order chi connectivity index (χ0) is 21.6. The summed E-state index contributed by atoms with van der Waals surface area (Å²) >= 11 is 3.54. The molecule has 0 bridgehead atoms.